The van der Waals surface area contributed by atoms with E-state index in [-0.39, 0.29) is 30.1 Å². The van der Waals surface area contributed by atoms with Gasteiger partial charge in [-0.25, -0.2) is 4.90 Å². The number of fused-ring (bicyclic) bond motifs is 2. The molecular weight excluding hydrogens is 341 g/mol. The second kappa shape index (κ2) is 4.89. The van der Waals surface area contributed by atoms with Crippen LogP contribution in [0.5, 0.6) is 0 Å². The number of imide groups is 1. The maximum atomic E-state index is 12.8. The van der Waals surface area contributed by atoms with Crippen molar-refractivity contribution in [3.05, 3.63) is 28.2 Å². The van der Waals surface area contributed by atoms with E-state index in [0.717, 1.165) is 4.90 Å². The van der Waals surface area contributed by atoms with Gasteiger partial charge in [-0.3, -0.25) is 19.2 Å². The predicted octanol–water partition coefficient (Wildman–Crippen LogP) is 2.28. The summed E-state index contributed by atoms with van der Waals surface area (Å²) in [5.41, 5.74) is 0.284. The average molecular weight is 352 g/mol. The van der Waals surface area contributed by atoms with Crippen molar-refractivity contribution in [3.63, 3.8) is 0 Å². The van der Waals surface area contributed by atoms with Crippen LogP contribution in [-0.2, 0) is 19.2 Å². The molecule has 1 heterocycles. The molecule has 0 spiro atoms. The number of benzene rings is 1. The van der Waals surface area contributed by atoms with Crippen LogP contribution < -0.4 is 4.90 Å². The summed E-state index contributed by atoms with van der Waals surface area (Å²) in [6.45, 7) is 0. The van der Waals surface area contributed by atoms with E-state index in [0.29, 0.717) is 10.0 Å². The largest absolute Gasteiger partial charge is 0.299 e. The summed E-state index contributed by atoms with van der Waals surface area (Å²) < 4.78 is 0. The molecule has 23 heavy (non-hydrogen) atoms. The Labute approximate surface area is 141 Å². The van der Waals surface area contributed by atoms with Crippen LogP contribution in [0.1, 0.15) is 12.8 Å². The van der Waals surface area contributed by atoms with Gasteiger partial charge in [-0.1, -0.05) is 23.2 Å². The van der Waals surface area contributed by atoms with E-state index in [2.05, 4.69) is 0 Å². The molecule has 1 aromatic rings. The first-order valence-corrected chi connectivity index (χ1v) is 8.03. The predicted molar refractivity (Wildman–Crippen MR) is 82.2 cm³/mol. The highest BCUT2D eigenvalue weighted by molar-refractivity contribution is 6.36. The molecule has 4 aliphatic rings. The molecule has 0 aromatic heterocycles. The zero-order valence-corrected chi connectivity index (χ0v) is 13.3. The van der Waals surface area contributed by atoms with Crippen molar-refractivity contribution in [2.24, 2.45) is 23.7 Å². The Morgan fingerprint density at radius 3 is 1.65 bits per heavy atom. The van der Waals surface area contributed by atoms with Crippen LogP contribution in [0, 0.1) is 23.7 Å². The van der Waals surface area contributed by atoms with Crippen LogP contribution in [-0.4, -0.2) is 23.4 Å². The van der Waals surface area contributed by atoms with Crippen LogP contribution in [0.4, 0.5) is 5.69 Å². The molecule has 4 atom stereocenters. The molecule has 7 heteroatoms. The number of hydrogen-bond acceptors (Lipinski definition) is 4. The van der Waals surface area contributed by atoms with Crippen LogP contribution in [0.2, 0.25) is 10.0 Å². The Balaban J connectivity index is 1.80. The number of Topliss-reactive ketones (excluding diaryl/α,β-unsaturated/α-hetero) is 2. The smallest absolute Gasteiger partial charge is 0.238 e. The quantitative estimate of drug-likeness (QED) is 0.727. The number of rotatable bonds is 1. The third-order valence-corrected chi connectivity index (χ3v) is 5.48. The Morgan fingerprint density at radius 2 is 1.22 bits per heavy atom. The molecule has 1 saturated heterocycles. The molecule has 5 rings (SSSR count). The molecule has 3 aliphatic carbocycles. The molecular formula is C16H11Cl2NO4. The second-order valence-corrected chi connectivity index (χ2v) is 7.12. The fourth-order valence-electron chi connectivity index (χ4n) is 4.10. The molecule has 2 amide bonds. The molecule has 5 nitrogen and oxygen atoms in total. The zero-order chi connectivity index (χ0) is 16.5. The van der Waals surface area contributed by atoms with Gasteiger partial charge in [0.15, 0.2) is 0 Å². The van der Waals surface area contributed by atoms with Crippen molar-refractivity contribution >= 4 is 52.3 Å². The molecule has 4 fully saturated rings. The van der Waals surface area contributed by atoms with Crippen LogP contribution in [0.25, 0.3) is 0 Å². The van der Waals surface area contributed by atoms with Gasteiger partial charge in [-0.05, 0) is 18.2 Å². The zero-order valence-electron chi connectivity index (χ0n) is 11.8. The Bertz CT molecular complexity index is 730. The summed E-state index contributed by atoms with van der Waals surface area (Å²) in [4.78, 5) is 50.7. The lowest BCUT2D eigenvalue weighted by atomic mass is 9.58. The average Bonchev–Trinajstić information content (AvgIpc) is 2.72. The lowest BCUT2D eigenvalue weighted by Gasteiger charge is -2.40. The minimum Gasteiger partial charge on any atom is -0.299 e. The van der Waals surface area contributed by atoms with E-state index in [1.807, 2.05) is 0 Å². The number of halogens is 2. The van der Waals surface area contributed by atoms with Gasteiger partial charge in [-0.2, -0.15) is 0 Å². The number of hydrogen-bond donors (Lipinski definition) is 0. The van der Waals surface area contributed by atoms with E-state index < -0.39 is 35.5 Å². The van der Waals surface area contributed by atoms with Crippen LogP contribution in [0.3, 0.4) is 0 Å². The van der Waals surface area contributed by atoms with Crippen molar-refractivity contribution in [1.82, 2.24) is 0 Å². The van der Waals surface area contributed by atoms with Gasteiger partial charge >= 0.3 is 0 Å². The Hall–Kier alpha value is -1.72. The van der Waals surface area contributed by atoms with Crippen molar-refractivity contribution in [2.45, 2.75) is 12.8 Å². The van der Waals surface area contributed by atoms with E-state index >= 15 is 0 Å². The highest BCUT2D eigenvalue weighted by Crippen LogP contribution is 2.51. The van der Waals surface area contributed by atoms with E-state index in [1.165, 1.54) is 18.2 Å². The van der Waals surface area contributed by atoms with Crippen molar-refractivity contribution in [1.29, 1.82) is 0 Å². The lowest BCUT2D eigenvalue weighted by molar-refractivity contribution is -0.153. The summed E-state index contributed by atoms with van der Waals surface area (Å²) in [5.74, 6) is -3.87. The second-order valence-electron chi connectivity index (χ2n) is 6.24. The van der Waals surface area contributed by atoms with E-state index in [1.54, 1.807) is 0 Å². The van der Waals surface area contributed by atoms with Gasteiger partial charge in [0.25, 0.3) is 0 Å². The van der Waals surface area contributed by atoms with Crippen molar-refractivity contribution in [3.8, 4) is 0 Å². The number of ketones is 2. The number of anilines is 1. The molecule has 0 N–H and O–H groups in total. The first kappa shape index (κ1) is 14.8. The summed E-state index contributed by atoms with van der Waals surface area (Å²) >= 11 is 11.9. The third-order valence-electron chi connectivity index (χ3n) is 5.04. The van der Waals surface area contributed by atoms with Crippen LogP contribution in [0.15, 0.2) is 18.2 Å². The number of carbonyl (C=O) groups excluding carboxylic acids is 4. The van der Waals surface area contributed by atoms with Gasteiger partial charge in [0.2, 0.25) is 11.8 Å². The van der Waals surface area contributed by atoms with Crippen molar-refractivity contribution in [2.75, 3.05) is 4.90 Å². The van der Waals surface area contributed by atoms with E-state index in [9.17, 15) is 19.2 Å². The normalized spacial score (nSPS) is 32.7. The van der Waals surface area contributed by atoms with Crippen LogP contribution >= 0.6 is 23.2 Å². The number of carbonyl (C=O) groups is 4. The lowest BCUT2D eigenvalue weighted by Crippen LogP contribution is -2.51. The minimum absolute atomic E-state index is 0.0633. The summed E-state index contributed by atoms with van der Waals surface area (Å²) in [7, 11) is 0. The van der Waals surface area contributed by atoms with Crippen molar-refractivity contribution < 1.29 is 19.2 Å². The molecule has 3 saturated carbocycles. The monoisotopic (exact) mass is 351 g/mol. The highest BCUT2D eigenvalue weighted by Gasteiger charge is 2.63. The van der Waals surface area contributed by atoms with Gasteiger partial charge in [0.1, 0.15) is 11.6 Å². The molecule has 4 unspecified atom stereocenters. The summed E-state index contributed by atoms with van der Waals surface area (Å²) in [6, 6.07) is 4.46. The number of amides is 2. The first-order valence-electron chi connectivity index (χ1n) is 7.28. The fraction of sp³-hybridized carbons (Fsp3) is 0.375. The summed E-state index contributed by atoms with van der Waals surface area (Å²) in [5, 5.41) is 0.608. The number of nitrogens with zero attached hydrogens (tertiary/aromatic N) is 1. The van der Waals surface area contributed by atoms with Gasteiger partial charge < -0.3 is 0 Å². The maximum Gasteiger partial charge on any atom is 0.238 e. The van der Waals surface area contributed by atoms with Gasteiger partial charge in [0.05, 0.1) is 17.5 Å². The van der Waals surface area contributed by atoms with E-state index in [4.69, 9.17) is 23.2 Å². The SMILES string of the molecule is O=C1CC2C(=O)CC1C1C(=O)N(c3cc(Cl)cc(Cl)c3)C(=O)C21. The first-order chi connectivity index (χ1) is 10.9. The molecule has 1 aromatic carbocycles. The Morgan fingerprint density at radius 1 is 0.783 bits per heavy atom. The molecule has 1 aliphatic heterocycles. The minimum atomic E-state index is -0.732. The third kappa shape index (κ3) is 2.00. The topological polar surface area (TPSA) is 71.5 Å². The molecule has 118 valence electrons. The standard InChI is InChI=1S/C16H11Cl2NO4/c17-6-1-7(18)3-8(2-6)19-15(22)13-9-4-11(20)10(5-12(9)21)14(13)16(19)23/h1-3,9-10,13-14H,4-5H2. The van der Waals surface area contributed by atoms with Gasteiger partial charge in [-0.15, -0.1) is 0 Å². The molecule has 0 radical (unpaired) electrons. The fourth-order valence-corrected chi connectivity index (χ4v) is 4.61. The highest BCUT2D eigenvalue weighted by atomic mass is 35.5. The Kier molecular flexibility index (Phi) is 3.15. The summed E-state index contributed by atoms with van der Waals surface area (Å²) in [6.07, 6.45) is 0.127. The molecule has 2 bridgehead atoms. The van der Waals surface area contributed by atoms with Gasteiger partial charge in [0, 0.05) is 34.7 Å². The maximum absolute atomic E-state index is 12.8.